The van der Waals surface area contributed by atoms with Gasteiger partial charge in [-0.05, 0) is 30.5 Å². The Labute approximate surface area is 99.9 Å². The van der Waals surface area contributed by atoms with Crippen LogP contribution in [0.25, 0.3) is 0 Å². The topological polar surface area (TPSA) is 46.2 Å². The molecule has 17 heavy (non-hydrogen) atoms. The van der Waals surface area contributed by atoms with E-state index in [0.717, 1.165) is 6.07 Å². The van der Waals surface area contributed by atoms with Gasteiger partial charge in [0.05, 0.1) is 5.75 Å². The molecule has 0 aromatic heterocycles. The summed E-state index contributed by atoms with van der Waals surface area (Å²) in [7, 11) is -3.26. The third-order valence-corrected chi connectivity index (χ3v) is 3.72. The lowest BCUT2D eigenvalue weighted by Crippen LogP contribution is -2.28. The predicted molar refractivity (Wildman–Crippen MR) is 62.1 cm³/mol. The largest absolute Gasteiger partial charge is 0.215 e. The molecule has 0 heterocycles. The normalized spacial score (nSPS) is 11.7. The highest BCUT2D eigenvalue weighted by molar-refractivity contribution is 7.89. The van der Waals surface area contributed by atoms with Crippen molar-refractivity contribution < 1.29 is 17.2 Å². The van der Waals surface area contributed by atoms with Gasteiger partial charge in [-0.1, -0.05) is 6.92 Å². The van der Waals surface area contributed by atoms with Crippen molar-refractivity contribution in [2.75, 3.05) is 12.3 Å². The monoisotopic (exact) mass is 263 g/mol. The van der Waals surface area contributed by atoms with Gasteiger partial charge in [0.1, 0.15) is 11.6 Å². The van der Waals surface area contributed by atoms with Crippen LogP contribution in [0.1, 0.15) is 18.9 Å². The maximum absolute atomic E-state index is 12.8. The molecule has 1 rings (SSSR count). The minimum absolute atomic E-state index is 0.0600. The molecule has 1 N–H and O–H groups in total. The smallest absolute Gasteiger partial charge is 0.211 e. The van der Waals surface area contributed by atoms with Gasteiger partial charge in [-0.2, -0.15) is 0 Å². The molecule has 0 saturated carbocycles. The maximum Gasteiger partial charge on any atom is 0.211 e. The van der Waals surface area contributed by atoms with Crippen LogP contribution < -0.4 is 4.72 Å². The molecule has 0 aliphatic rings. The van der Waals surface area contributed by atoms with Crippen molar-refractivity contribution in [3.05, 3.63) is 35.4 Å². The van der Waals surface area contributed by atoms with E-state index in [2.05, 4.69) is 4.72 Å². The van der Waals surface area contributed by atoms with Crippen LogP contribution in [0, 0.1) is 11.6 Å². The number of benzene rings is 1. The summed E-state index contributed by atoms with van der Waals surface area (Å²) in [6, 6.07) is 3.17. The Kier molecular flexibility index (Phi) is 5.02. The molecule has 0 unspecified atom stereocenters. The summed E-state index contributed by atoms with van der Waals surface area (Å²) in [4.78, 5) is 0. The van der Waals surface area contributed by atoms with Crippen LogP contribution in [0.2, 0.25) is 0 Å². The summed E-state index contributed by atoms with van der Waals surface area (Å²) in [5.74, 6) is -1.25. The predicted octanol–water partition coefficient (Wildman–Crippen LogP) is 1.84. The van der Waals surface area contributed by atoms with Gasteiger partial charge in [0.15, 0.2) is 0 Å². The molecule has 0 amide bonds. The molecule has 0 radical (unpaired) electrons. The number of rotatable bonds is 6. The first-order valence-electron chi connectivity index (χ1n) is 5.35. The zero-order valence-electron chi connectivity index (χ0n) is 9.54. The highest BCUT2D eigenvalue weighted by atomic mass is 32.2. The molecular formula is C11H15F2NO2S. The zero-order valence-corrected chi connectivity index (χ0v) is 10.4. The first-order valence-corrected chi connectivity index (χ1v) is 7.00. The van der Waals surface area contributed by atoms with E-state index in [9.17, 15) is 17.2 Å². The van der Waals surface area contributed by atoms with Crippen molar-refractivity contribution in [1.82, 2.24) is 4.72 Å². The lowest BCUT2D eigenvalue weighted by molar-refractivity contribution is 0.576. The summed E-state index contributed by atoms with van der Waals surface area (Å²) < 4.78 is 50.6. The van der Waals surface area contributed by atoms with Crippen molar-refractivity contribution in [2.45, 2.75) is 19.8 Å². The Bertz CT molecular complexity index is 454. The van der Waals surface area contributed by atoms with E-state index in [-0.39, 0.29) is 18.7 Å². The molecule has 0 saturated heterocycles. The Hall–Kier alpha value is -1.01. The maximum atomic E-state index is 12.8. The summed E-state index contributed by atoms with van der Waals surface area (Å²) in [5.41, 5.74) is 0.432. The molecule has 96 valence electrons. The molecule has 0 fully saturated rings. The van der Waals surface area contributed by atoms with Crippen LogP contribution in [-0.4, -0.2) is 20.7 Å². The molecular weight excluding hydrogens is 248 g/mol. The van der Waals surface area contributed by atoms with E-state index in [1.54, 1.807) is 6.92 Å². The molecule has 0 aliphatic carbocycles. The van der Waals surface area contributed by atoms with Crippen molar-refractivity contribution in [3.63, 3.8) is 0 Å². The standard InChI is InChI=1S/C11H15F2NO2S/c1-2-5-17(15,16)14-4-3-9-6-10(12)8-11(13)7-9/h6-8,14H,2-5H2,1H3. The van der Waals surface area contributed by atoms with Crippen molar-refractivity contribution in [1.29, 1.82) is 0 Å². The van der Waals surface area contributed by atoms with Gasteiger partial charge in [0.2, 0.25) is 10.0 Å². The molecule has 1 aromatic carbocycles. The second-order valence-corrected chi connectivity index (χ2v) is 5.67. The third kappa shape index (κ3) is 5.23. The fourth-order valence-corrected chi connectivity index (χ4v) is 2.54. The fourth-order valence-electron chi connectivity index (χ4n) is 1.45. The second-order valence-electron chi connectivity index (χ2n) is 3.74. The minimum Gasteiger partial charge on any atom is -0.215 e. The second kappa shape index (κ2) is 6.07. The quantitative estimate of drug-likeness (QED) is 0.851. The van der Waals surface area contributed by atoms with Crippen LogP contribution in [0.5, 0.6) is 0 Å². The van der Waals surface area contributed by atoms with Gasteiger partial charge < -0.3 is 0 Å². The van der Waals surface area contributed by atoms with Crippen molar-refractivity contribution >= 4 is 10.0 Å². The van der Waals surface area contributed by atoms with Crippen LogP contribution in [0.15, 0.2) is 18.2 Å². The van der Waals surface area contributed by atoms with Gasteiger partial charge in [0, 0.05) is 12.6 Å². The van der Waals surface area contributed by atoms with Gasteiger partial charge in [-0.3, -0.25) is 0 Å². The fraction of sp³-hybridized carbons (Fsp3) is 0.455. The number of hydrogen-bond acceptors (Lipinski definition) is 2. The number of hydrogen-bond donors (Lipinski definition) is 1. The molecule has 3 nitrogen and oxygen atoms in total. The van der Waals surface area contributed by atoms with Crippen LogP contribution in [-0.2, 0) is 16.4 Å². The highest BCUT2D eigenvalue weighted by Gasteiger charge is 2.08. The molecule has 0 bridgehead atoms. The third-order valence-electron chi connectivity index (χ3n) is 2.13. The highest BCUT2D eigenvalue weighted by Crippen LogP contribution is 2.08. The zero-order chi connectivity index (χ0) is 12.9. The van der Waals surface area contributed by atoms with Crippen molar-refractivity contribution in [2.24, 2.45) is 0 Å². The van der Waals surface area contributed by atoms with Crippen LogP contribution in [0.4, 0.5) is 8.78 Å². The molecule has 1 aromatic rings. The van der Waals surface area contributed by atoms with E-state index in [1.165, 1.54) is 12.1 Å². The number of sulfonamides is 1. The Balaban J connectivity index is 2.51. The lowest BCUT2D eigenvalue weighted by Gasteiger charge is -2.05. The first-order chi connectivity index (χ1) is 7.93. The van der Waals surface area contributed by atoms with Crippen molar-refractivity contribution in [3.8, 4) is 0 Å². The molecule has 6 heteroatoms. The Morgan fingerprint density at radius 2 is 1.76 bits per heavy atom. The van der Waals surface area contributed by atoms with E-state index >= 15 is 0 Å². The summed E-state index contributed by atoms with van der Waals surface area (Å²) in [6.45, 7) is 1.91. The minimum atomic E-state index is -3.26. The first kappa shape index (κ1) is 14.1. The lowest BCUT2D eigenvalue weighted by atomic mass is 10.1. The van der Waals surface area contributed by atoms with Gasteiger partial charge in [-0.15, -0.1) is 0 Å². The van der Waals surface area contributed by atoms with Gasteiger partial charge in [-0.25, -0.2) is 21.9 Å². The van der Waals surface area contributed by atoms with E-state index < -0.39 is 21.7 Å². The van der Waals surface area contributed by atoms with E-state index in [0.29, 0.717) is 12.0 Å². The van der Waals surface area contributed by atoms with Crippen LogP contribution in [0.3, 0.4) is 0 Å². The molecule has 0 aliphatic heterocycles. The summed E-state index contributed by atoms with van der Waals surface area (Å²) >= 11 is 0. The van der Waals surface area contributed by atoms with Gasteiger partial charge >= 0.3 is 0 Å². The van der Waals surface area contributed by atoms with E-state index in [4.69, 9.17) is 0 Å². The average Bonchev–Trinajstić information content (AvgIpc) is 2.15. The molecule has 0 spiro atoms. The molecule has 0 atom stereocenters. The average molecular weight is 263 g/mol. The summed E-state index contributed by atoms with van der Waals surface area (Å²) in [6.07, 6.45) is 0.793. The van der Waals surface area contributed by atoms with Gasteiger partial charge in [0.25, 0.3) is 0 Å². The van der Waals surface area contributed by atoms with E-state index in [1.807, 2.05) is 0 Å². The summed E-state index contributed by atoms with van der Waals surface area (Å²) in [5, 5.41) is 0. The SMILES string of the molecule is CCCS(=O)(=O)NCCc1cc(F)cc(F)c1. The van der Waals surface area contributed by atoms with Crippen LogP contribution >= 0.6 is 0 Å². The number of halogens is 2. The Morgan fingerprint density at radius 1 is 1.18 bits per heavy atom. The number of nitrogens with one attached hydrogen (secondary N) is 1. The Morgan fingerprint density at radius 3 is 2.29 bits per heavy atom.